The number of nitrogens with zero attached hydrogens (tertiary/aromatic N) is 5. The van der Waals surface area contributed by atoms with Crippen LogP contribution in [0.1, 0.15) is 32.3 Å². The van der Waals surface area contributed by atoms with Crippen molar-refractivity contribution >= 4 is 41.7 Å². The Kier molecular flexibility index (Phi) is 10.8. The van der Waals surface area contributed by atoms with Crippen molar-refractivity contribution in [2.75, 3.05) is 64.4 Å². The van der Waals surface area contributed by atoms with Crippen molar-refractivity contribution in [2.45, 2.75) is 33.2 Å². The molecule has 0 aliphatic carbocycles. The lowest BCUT2D eigenvalue weighted by atomic mass is 9.98. The summed E-state index contributed by atoms with van der Waals surface area (Å²) < 4.78 is 5.24. The van der Waals surface area contributed by atoms with Crippen LogP contribution in [0.3, 0.4) is 0 Å². The summed E-state index contributed by atoms with van der Waals surface area (Å²) in [7, 11) is 2.16. The second-order valence-electron chi connectivity index (χ2n) is 8.02. The van der Waals surface area contributed by atoms with E-state index in [9.17, 15) is 4.79 Å². The van der Waals surface area contributed by atoms with Gasteiger partial charge < -0.3 is 24.8 Å². The molecule has 1 unspecified atom stereocenters. The van der Waals surface area contributed by atoms with Gasteiger partial charge in [0.05, 0.1) is 19.1 Å². The molecule has 2 aliphatic rings. The van der Waals surface area contributed by atoms with Crippen LogP contribution in [0.2, 0.25) is 0 Å². The third-order valence-electron chi connectivity index (χ3n) is 5.72. The number of anilines is 1. The predicted octanol–water partition coefficient (Wildman–Crippen LogP) is 2.19. The Labute approximate surface area is 203 Å². The molecule has 0 saturated carbocycles. The maximum absolute atomic E-state index is 12.2. The Balaban J connectivity index is 0.00000341. The van der Waals surface area contributed by atoms with E-state index in [4.69, 9.17) is 9.73 Å². The minimum Gasteiger partial charge on any atom is -0.466 e. The second-order valence-corrected chi connectivity index (χ2v) is 8.02. The fourth-order valence-electron chi connectivity index (χ4n) is 3.98. The number of esters is 1. The van der Waals surface area contributed by atoms with Gasteiger partial charge in [0, 0.05) is 52.0 Å². The van der Waals surface area contributed by atoms with E-state index < -0.39 is 0 Å². The minimum atomic E-state index is -0.0935. The van der Waals surface area contributed by atoms with Crippen molar-refractivity contribution in [1.29, 1.82) is 0 Å². The van der Waals surface area contributed by atoms with E-state index in [1.807, 2.05) is 19.2 Å². The van der Waals surface area contributed by atoms with Gasteiger partial charge in [0.15, 0.2) is 5.96 Å². The first-order chi connectivity index (χ1) is 14.6. The number of rotatable bonds is 6. The largest absolute Gasteiger partial charge is 0.466 e. The summed E-state index contributed by atoms with van der Waals surface area (Å²) in [6.45, 7) is 11.4. The van der Waals surface area contributed by atoms with Crippen molar-refractivity contribution in [2.24, 2.45) is 10.9 Å². The highest BCUT2D eigenvalue weighted by molar-refractivity contribution is 14.0. The smallest absolute Gasteiger partial charge is 0.310 e. The lowest BCUT2D eigenvalue weighted by Gasteiger charge is -2.34. The summed E-state index contributed by atoms with van der Waals surface area (Å²) in [6.07, 6.45) is 3.73. The number of hydrogen-bond acceptors (Lipinski definition) is 6. The van der Waals surface area contributed by atoms with E-state index in [2.05, 4.69) is 45.0 Å². The third kappa shape index (κ3) is 7.48. The number of aromatic nitrogens is 1. The monoisotopic (exact) mass is 544 g/mol. The van der Waals surface area contributed by atoms with Crippen LogP contribution < -0.4 is 10.2 Å². The topological polar surface area (TPSA) is 73.3 Å². The zero-order valence-electron chi connectivity index (χ0n) is 19.0. The zero-order valence-corrected chi connectivity index (χ0v) is 21.4. The van der Waals surface area contributed by atoms with E-state index in [0.29, 0.717) is 19.7 Å². The number of aliphatic imine (C=N–C) groups is 1. The summed E-state index contributed by atoms with van der Waals surface area (Å²) in [5.41, 5.74) is 1.15. The molecule has 1 atom stereocenters. The number of guanidine groups is 1. The molecular formula is C22H37IN6O2. The normalized spacial score (nSPS) is 20.2. The lowest BCUT2D eigenvalue weighted by Crippen LogP contribution is -2.48. The summed E-state index contributed by atoms with van der Waals surface area (Å²) in [5.74, 6) is 1.72. The van der Waals surface area contributed by atoms with E-state index in [0.717, 1.165) is 69.5 Å². The number of hydrogen-bond donors (Lipinski definition) is 1. The fraction of sp³-hybridized carbons (Fsp3) is 0.682. The lowest BCUT2D eigenvalue weighted by molar-refractivity contribution is -0.149. The number of carbonyl (C=O) groups is 1. The number of likely N-dealkylation sites (N-methyl/N-ethyl adjacent to an activating group) is 1. The molecule has 9 heteroatoms. The molecule has 2 aliphatic heterocycles. The van der Waals surface area contributed by atoms with Crippen molar-refractivity contribution < 1.29 is 9.53 Å². The van der Waals surface area contributed by atoms with E-state index >= 15 is 0 Å². The Morgan fingerprint density at radius 3 is 2.74 bits per heavy atom. The number of ether oxygens (including phenoxy) is 1. The molecular weight excluding hydrogens is 507 g/mol. The van der Waals surface area contributed by atoms with Gasteiger partial charge in [-0.25, -0.2) is 9.98 Å². The summed E-state index contributed by atoms with van der Waals surface area (Å²) in [5, 5.41) is 3.39. The van der Waals surface area contributed by atoms with Crippen LogP contribution in [0.4, 0.5) is 5.82 Å². The maximum atomic E-state index is 12.2. The number of halogens is 1. The summed E-state index contributed by atoms with van der Waals surface area (Å²) in [4.78, 5) is 28.5. The minimum absolute atomic E-state index is 0. The van der Waals surface area contributed by atoms with Crippen molar-refractivity contribution in [3.63, 3.8) is 0 Å². The molecule has 0 bridgehead atoms. The van der Waals surface area contributed by atoms with Crippen LogP contribution in [-0.4, -0.2) is 86.2 Å². The molecule has 2 saturated heterocycles. The van der Waals surface area contributed by atoms with Crippen LogP contribution in [0.15, 0.2) is 23.3 Å². The van der Waals surface area contributed by atoms with Crippen LogP contribution in [0, 0.1) is 5.92 Å². The van der Waals surface area contributed by atoms with E-state index in [-0.39, 0.29) is 35.9 Å². The van der Waals surface area contributed by atoms with Gasteiger partial charge >= 0.3 is 5.97 Å². The van der Waals surface area contributed by atoms with Gasteiger partial charge in [-0.15, -0.1) is 24.0 Å². The highest BCUT2D eigenvalue weighted by Gasteiger charge is 2.28. The Morgan fingerprint density at radius 1 is 1.26 bits per heavy atom. The molecule has 1 aromatic rings. The van der Waals surface area contributed by atoms with Crippen LogP contribution in [0.25, 0.3) is 0 Å². The molecule has 174 valence electrons. The van der Waals surface area contributed by atoms with Gasteiger partial charge in [-0.1, -0.05) is 0 Å². The van der Waals surface area contributed by atoms with Gasteiger partial charge in [0.25, 0.3) is 0 Å². The molecule has 0 spiro atoms. The maximum Gasteiger partial charge on any atom is 0.310 e. The summed E-state index contributed by atoms with van der Waals surface area (Å²) >= 11 is 0. The molecule has 31 heavy (non-hydrogen) atoms. The van der Waals surface area contributed by atoms with Crippen LogP contribution in [-0.2, 0) is 16.1 Å². The van der Waals surface area contributed by atoms with Gasteiger partial charge in [-0.2, -0.15) is 0 Å². The first kappa shape index (κ1) is 25.6. The number of piperazine rings is 1. The molecule has 0 amide bonds. The summed E-state index contributed by atoms with van der Waals surface area (Å²) in [6, 6.07) is 4.18. The van der Waals surface area contributed by atoms with Crippen LogP contribution >= 0.6 is 24.0 Å². The van der Waals surface area contributed by atoms with Crippen molar-refractivity contribution in [3.05, 3.63) is 23.9 Å². The van der Waals surface area contributed by atoms with Gasteiger partial charge in [0.1, 0.15) is 5.82 Å². The molecule has 2 fully saturated rings. The number of likely N-dealkylation sites (tertiary alicyclic amines) is 1. The molecule has 0 aromatic carbocycles. The molecule has 1 N–H and O–H groups in total. The second kappa shape index (κ2) is 13.0. The van der Waals surface area contributed by atoms with E-state index in [1.54, 1.807) is 0 Å². The quantitative estimate of drug-likeness (QED) is 0.255. The molecule has 3 heterocycles. The van der Waals surface area contributed by atoms with Crippen LogP contribution in [0.5, 0.6) is 0 Å². The van der Waals surface area contributed by atoms with Crippen molar-refractivity contribution in [3.8, 4) is 0 Å². The molecule has 0 radical (unpaired) electrons. The highest BCUT2D eigenvalue weighted by Crippen LogP contribution is 2.19. The molecule has 8 nitrogen and oxygen atoms in total. The zero-order chi connectivity index (χ0) is 21.3. The fourth-order valence-corrected chi connectivity index (χ4v) is 3.98. The molecule has 3 rings (SSSR count). The average Bonchev–Trinajstić information content (AvgIpc) is 2.77. The first-order valence-electron chi connectivity index (χ1n) is 11.2. The van der Waals surface area contributed by atoms with Gasteiger partial charge in [-0.05, 0) is 51.4 Å². The SMILES string of the molecule is CCNC(=NCc1ccnc(N2CCN(C)CC2)c1)N1CCCC(C(=O)OCC)C1.I. The first-order valence-corrected chi connectivity index (χ1v) is 11.2. The van der Waals surface area contributed by atoms with Crippen molar-refractivity contribution in [1.82, 2.24) is 20.1 Å². The van der Waals surface area contributed by atoms with Gasteiger partial charge in [-0.3, -0.25) is 4.79 Å². The average molecular weight is 544 g/mol. The number of carbonyl (C=O) groups excluding carboxylic acids is 1. The highest BCUT2D eigenvalue weighted by atomic mass is 127. The number of piperidine rings is 1. The predicted molar refractivity (Wildman–Crippen MR) is 135 cm³/mol. The third-order valence-corrected chi connectivity index (χ3v) is 5.72. The Morgan fingerprint density at radius 2 is 2.03 bits per heavy atom. The standard InChI is InChI=1S/C22H36N6O2.HI/c1-4-23-22(28-10-6-7-19(17-28)21(29)30-5-2)25-16-18-8-9-24-20(15-18)27-13-11-26(3)12-14-27;/h8-9,15,19H,4-7,10-14,16-17H2,1-3H3,(H,23,25);1H. The number of pyridine rings is 1. The molecule has 1 aromatic heterocycles. The van der Waals surface area contributed by atoms with Gasteiger partial charge in [0.2, 0.25) is 0 Å². The Bertz CT molecular complexity index is 724. The number of nitrogens with one attached hydrogen (secondary N) is 1. The van der Waals surface area contributed by atoms with E-state index in [1.165, 1.54) is 0 Å². The Hall–Kier alpha value is -1.62.